The van der Waals surface area contributed by atoms with Gasteiger partial charge in [-0.3, -0.25) is 4.79 Å². The van der Waals surface area contributed by atoms with Crippen LogP contribution >= 0.6 is 0 Å². The Bertz CT molecular complexity index is 929. The van der Waals surface area contributed by atoms with Gasteiger partial charge in [0.2, 0.25) is 5.91 Å². The Hall–Kier alpha value is -2.59. The topological polar surface area (TPSA) is 64.3 Å². The van der Waals surface area contributed by atoms with Gasteiger partial charge in [-0.2, -0.15) is 26.3 Å². The van der Waals surface area contributed by atoms with Gasteiger partial charge in [0, 0.05) is 12.0 Å². The van der Waals surface area contributed by atoms with E-state index in [2.05, 4.69) is 5.32 Å². The first-order valence-electron chi connectivity index (χ1n) is 10.4. The Kier molecular flexibility index (Phi) is 7.38. The maximum atomic E-state index is 13.2. The van der Waals surface area contributed by atoms with E-state index in [9.17, 15) is 31.1 Å². The third-order valence-corrected chi connectivity index (χ3v) is 5.78. The SMILES string of the molecule is CC(OC1CCC(NCC(N)=O)C1c1ccccc1)c1cc(C(F)(F)F)cc(C(F)(F)F)c1. The van der Waals surface area contributed by atoms with Crippen molar-refractivity contribution in [1.82, 2.24) is 5.32 Å². The highest BCUT2D eigenvalue weighted by Gasteiger charge is 2.40. The molecule has 0 spiro atoms. The molecule has 1 amide bonds. The Morgan fingerprint density at radius 1 is 1.03 bits per heavy atom. The van der Waals surface area contributed by atoms with Gasteiger partial charge in [0.05, 0.1) is 29.9 Å². The maximum absolute atomic E-state index is 13.2. The first-order valence-corrected chi connectivity index (χ1v) is 10.4. The molecule has 0 aliphatic heterocycles. The van der Waals surface area contributed by atoms with Crippen molar-refractivity contribution in [3.8, 4) is 0 Å². The smallest absolute Gasteiger partial charge is 0.370 e. The van der Waals surface area contributed by atoms with Crippen molar-refractivity contribution in [2.75, 3.05) is 6.54 Å². The molecule has 3 rings (SSSR count). The molecule has 1 aliphatic rings. The molecule has 0 heterocycles. The number of alkyl halides is 6. The second-order valence-corrected chi connectivity index (χ2v) is 8.12. The van der Waals surface area contributed by atoms with Crippen molar-refractivity contribution >= 4 is 5.91 Å². The van der Waals surface area contributed by atoms with Crippen LogP contribution in [0.25, 0.3) is 0 Å². The molecule has 1 aliphatic carbocycles. The second-order valence-electron chi connectivity index (χ2n) is 8.12. The fraction of sp³-hybridized carbons (Fsp3) is 0.435. The molecule has 4 atom stereocenters. The molecule has 33 heavy (non-hydrogen) atoms. The molecule has 0 saturated heterocycles. The molecule has 180 valence electrons. The van der Waals surface area contributed by atoms with E-state index >= 15 is 0 Å². The zero-order valence-electron chi connectivity index (χ0n) is 17.7. The minimum Gasteiger partial charge on any atom is -0.370 e. The molecule has 10 heteroatoms. The molecule has 4 nitrogen and oxygen atoms in total. The number of ether oxygens (including phenoxy) is 1. The van der Waals surface area contributed by atoms with E-state index in [-0.39, 0.29) is 30.1 Å². The van der Waals surface area contributed by atoms with Crippen molar-refractivity contribution in [3.63, 3.8) is 0 Å². The number of carbonyl (C=O) groups is 1. The normalized spacial score (nSPS) is 22.3. The monoisotopic (exact) mass is 474 g/mol. The van der Waals surface area contributed by atoms with Gasteiger partial charge in [-0.1, -0.05) is 30.3 Å². The maximum Gasteiger partial charge on any atom is 0.416 e. The van der Waals surface area contributed by atoms with Gasteiger partial charge < -0.3 is 15.8 Å². The second kappa shape index (κ2) is 9.72. The summed E-state index contributed by atoms with van der Waals surface area (Å²) in [6.45, 7) is 1.38. The third kappa shape index (κ3) is 6.26. The summed E-state index contributed by atoms with van der Waals surface area (Å²) in [6.07, 6.45) is -10.3. The molecule has 1 fully saturated rings. The fourth-order valence-corrected chi connectivity index (χ4v) is 4.25. The summed E-state index contributed by atoms with van der Waals surface area (Å²) in [7, 11) is 0. The lowest BCUT2D eigenvalue weighted by molar-refractivity contribution is -0.143. The van der Waals surface area contributed by atoms with Crippen LogP contribution in [0.4, 0.5) is 26.3 Å². The van der Waals surface area contributed by atoms with Crippen LogP contribution in [0, 0.1) is 0 Å². The summed E-state index contributed by atoms with van der Waals surface area (Å²) < 4.78 is 85.5. The van der Waals surface area contributed by atoms with E-state index in [1.54, 1.807) is 0 Å². The Morgan fingerprint density at radius 2 is 1.61 bits per heavy atom. The number of carbonyl (C=O) groups excluding carboxylic acids is 1. The van der Waals surface area contributed by atoms with E-state index in [1.807, 2.05) is 30.3 Å². The van der Waals surface area contributed by atoms with Crippen LogP contribution in [-0.4, -0.2) is 24.6 Å². The first kappa shape index (κ1) is 25.0. The number of nitrogens with one attached hydrogen (secondary N) is 1. The predicted molar refractivity (Wildman–Crippen MR) is 109 cm³/mol. The van der Waals surface area contributed by atoms with Crippen LogP contribution in [0.1, 0.15) is 54.0 Å². The van der Waals surface area contributed by atoms with Crippen LogP contribution in [0.2, 0.25) is 0 Å². The van der Waals surface area contributed by atoms with E-state index in [4.69, 9.17) is 10.5 Å². The standard InChI is InChI=1S/C23H24F6N2O2/c1-13(15-9-16(22(24,25)26)11-17(10-15)23(27,28)29)33-19-8-7-18(31-12-20(30)32)21(19)14-5-3-2-4-6-14/h2-6,9-11,13,18-19,21,31H,7-8,12H2,1H3,(H2,30,32). The van der Waals surface area contributed by atoms with Crippen molar-refractivity contribution in [3.05, 3.63) is 70.8 Å². The number of rotatable bonds is 7. The Balaban J connectivity index is 1.89. The van der Waals surface area contributed by atoms with Gasteiger partial charge in [-0.15, -0.1) is 0 Å². The molecule has 0 radical (unpaired) electrons. The van der Waals surface area contributed by atoms with Gasteiger partial charge in [0.25, 0.3) is 0 Å². The van der Waals surface area contributed by atoms with Gasteiger partial charge in [-0.25, -0.2) is 0 Å². The highest BCUT2D eigenvalue weighted by molar-refractivity contribution is 5.75. The summed E-state index contributed by atoms with van der Waals surface area (Å²) in [6, 6.07) is 10.5. The number of amides is 1. The van der Waals surface area contributed by atoms with Crippen LogP contribution in [0.3, 0.4) is 0 Å². The van der Waals surface area contributed by atoms with E-state index in [0.717, 1.165) is 5.56 Å². The van der Waals surface area contributed by atoms with Gasteiger partial charge in [0.15, 0.2) is 0 Å². The minimum atomic E-state index is -4.93. The van der Waals surface area contributed by atoms with Crippen molar-refractivity contribution in [2.45, 2.75) is 56.3 Å². The zero-order chi connectivity index (χ0) is 24.4. The molecular formula is C23H24F6N2O2. The lowest BCUT2D eigenvalue weighted by Gasteiger charge is -2.29. The number of nitrogens with two attached hydrogens (primary N) is 1. The van der Waals surface area contributed by atoms with E-state index < -0.39 is 41.6 Å². The number of hydrogen-bond donors (Lipinski definition) is 2. The van der Waals surface area contributed by atoms with E-state index in [0.29, 0.717) is 25.0 Å². The molecule has 0 aromatic heterocycles. The van der Waals surface area contributed by atoms with Gasteiger partial charge >= 0.3 is 12.4 Å². The van der Waals surface area contributed by atoms with Crippen molar-refractivity contribution in [1.29, 1.82) is 0 Å². The van der Waals surface area contributed by atoms with Crippen LogP contribution in [-0.2, 0) is 21.9 Å². The Labute approximate surface area is 187 Å². The molecule has 2 aromatic carbocycles. The Morgan fingerprint density at radius 3 is 2.12 bits per heavy atom. The summed E-state index contributed by atoms with van der Waals surface area (Å²) in [5.41, 5.74) is 3.14. The summed E-state index contributed by atoms with van der Waals surface area (Å²) in [5, 5.41) is 3.08. The summed E-state index contributed by atoms with van der Waals surface area (Å²) in [5.74, 6) is -0.802. The van der Waals surface area contributed by atoms with Crippen molar-refractivity contribution in [2.24, 2.45) is 5.73 Å². The van der Waals surface area contributed by atoms with E-state index in [1.165, 1.54) is 6.92 Å². The molecule has 4 unspecified atom stereocenters. The van der Waals surface area contributed by atoms with Crippen molar-refractivity contribution < 1.29 is 35.9 Å². The van der Waals surface area contributed by atoms with Gasteiger partial charge in [-0.05, 0) is 49.1 Å². The molecular weight excluding hydrogens is 450 g/mol. The fourth-order valence-electron chi connectivity index (χ4n) is 4.25. The number of hydrogen-bond acceptors (Lipinski definition) is 3. The first-order chi connectivity index (χ1) is 15.4. The van der Waals surface area contributed by atoms with Gasteiger partial charge in [0.1, 0.15) is 0 Å². The average Bonchev–Trinajstić information content (AvgIpc) is 3.13. The lowest BCUT2D eigenvalue weighted by atomic mass is 9.92. The largest absolute Gasteiger partial charge is 0.416 e. The quantitative estimate of drug-likeness (QED) is 0.543. The molecule has 0 bridgehead atoms. The number of halogens is 6. The zero-order valence-corrected chi connectivity index (χ0v) is 17.7. The molecule has 1 saturated carbocycles. The van der Waals surface area contributed by atoms with Crippen LogP contribution in [0.15, 0.2) is 48.5 Å². The third-order valence-electron chi connectivity index (χ3n) is 5.78. The predicted octanol–water partition coefficient (Wildman–Crippen LogP) is 5.19. The molecule has 3 N–H and O–H groups in total. The number of primary amides is 1. The van der Waals surface area contributed by atoms with Crippen LogP contribution in [0.5, 0.6) is 0 Å². The lowest BCUT2D eigenvalue weighted by Crippen LogP contribution is -2.39. The molecule has 2 aromatic rings. The highest BCUT2D eigenvalue weighted by atomic mass is 19.4. The average molecular weight is 474 g/mol. The summed E-state index contributed by atoms with van der Waals surface area (Å²) in [4.78, 5) is 11.2. The number of benzene rings is 2. The minimum absolute atomic E-state index is 0.0567. The van der Waals surface area contributed by atoms with Crippen LogP contribution < -0.4 is 11.1 Å². The highest BCUT2D eigenvalue weighted by Crippen LogP contribution is 2.41. The summed E-state index contributed by atoms with van der Waals surface area (Å²) >= 11 is 0.